The van der Waals surface area contributed by atoms with E-state index in [4.69, 9.17) is 46.9 Å². The second kappa shape index (κ2) is 16.6. The van der Waals surface area contributed by atoms with Crippen LogP contribution in [0.25, 0.3) is 0 Å². The summed E-state index contributed by atoms with van der Waals surface area (Å²) in [6, 6.07) is 12.3. The summed E-state index contributed by atoms with van der Waals surface area (Å²) in [5.41, 5.74) is 4.89. The molecule has 15 heteroatoms. The number of hydrogen-bond acceptors (Lipinski definition) is 9. The Kier molecular flexibility index (Phi) is 12.6. The molecule has 1 atom stereocenters. The van der Waals surface area contributed by atoms with Crippen LogP contribution in [0.4, 0.5) is 4.79 Å². The summed E-state index contributed by atoms with van der Waals surface area (Å²) in [6.45, 7) is 3.23. The molecule has 3 amide bonds. The van der Waals surface area contributed by atoms with E-state index in [1.165, 1.54) is 20.4 Å². The van der Waals surface area contributed by atoms with Gasteiger partial charge in [-0.2, -0.15) is 5.10 Å². The lowest BCUT2D eigenvalue weighted by Crippen LogP contribution is -2.45. The molecule has 3 aromatic rings. The van der Waals surface area contributed by atoms with Crippen LogP contribution >= 0.6 is 45.8 Å². The zero-order chi connectivity index (χ0) is 34.1. The van der Waals surface area contributed by atoms with Crippen molar-refractivity contribution in [3.8, 4) is 23.0 Å². The van der Waals surface area contributed by atoms with Crippen molar-refractivity contribution in [2.24, 2.45) is 5.10 Å². The number of ether oxygens (including phenoxy) is 5. The fraction of sp³-hybridized carbons (Fsp3) is 0.250. The first-order chi connectivity index (χ1) is 22.5. The van der Waals surface area contributed by atoms with Crippen molar-refractivity contribution in [2.75, 3.05) is 27.4 Å². The molecule has 1 aliphatic rings. The van der Waals surface area contributed by atoms with Crippen molar-refractivity contribution >= 4 is 69.9 Å². The van der Waals surface area contributed by atoms with E-state index in [0.717, 1.165) is 9.13 Å². The summed E-state index contributed by atoms with van der Waals surface area (Å²) in [5, 5.41) is 10.4. The quantitative estimate of drug-likeness (QED) is 0.0838. The van der Waals surface area contributed by atoms with Crippen molar-refractivity contribution in [3.05, 3.63) is 90.1 Å². The third kappa shape index (κ3) is 9.20. The van der Waals surface area contributed by atoms with Crippen molar-refractivity contribution in [2.45, 2.75) is 26.5 Å². The number of allylic oxidation sites excluding steroid dienone is 1. The minimum atomic E-state index is -0.792. The van der Waals surface area contributed by atoms with Crippen molar-refractivity contribution in [1.82, 2.24) is 16.1 Å². The Morgan fingerprint density at radius 1 is 1.02 bits per heavy atom. The summed E-state index contributed by atoms with van der Waals surface area (Å²) in [6.07, 6.45) is 1.43. The molecule has 0 spiro atoms. The predicted octanol–water partition coefficient (Wildman–Crippen LogP) is 5.91. The number of benzene rings is 3. The molecule has 47 heavy (non-hydrogen) atoms. The maximum Gasteiger partial charge on any atom is 0.338 e. The molecule has 0 bridgehead atoms. The van der Waals surface area contributed by atoms with Gasteiger partial charge in [-0.1, -0.05) is 35.3 Å². The van der Waals surface area contributed by atoms with Crippen LogP contribution in [-0.4, -0.2) is 51.6 Å². The third-order valence-electron chi connectivity index (χ3n) is 6.69. The van der Waals surface area contributed by atoms with E-state index in [0.29, 0.717) is 38.4 Å². The molecule has 0 unspecified atom stereocenters. The molecule has 12 nitrogen and oxygen atoms in total. The van der Waals surface area contributed by atoms with Gasteiger partial charge in [0, 0.05) is 30.4 Å². The van der Waals surface area contributed by atoms with E-state index in [9.17, 15) is 14.4 Å². The first-order valence-corrected chi connectivity index (χ1v) is 15.9. The second-order valence-corrected chi connectivity index (χ2v) is 11.9. The Morgan fingerprint density at radius 2 is 1.79 bits per heavy atom. The monoisotopic (exact) mass is 796 g/mol. The minimum Gasteiger partial charge on any atom is -0.493 e. The number of esters is 1. The van der Waals surface area contributed by atoms with E-state index in [-0.39, 0.29) is 30.3 Å². The molecule has 0 saturated heterocycles. The zero-order valence-electron chi connectivity index (χ0n) is 25.7. The Hall–Kier alpha value is -4.21. The second-order valence-electron chi connectivity index (χ2n) is 9.83. The normalized spacial score (nSPS) is 14.3. The highest BCUT2D eigenvalue weighted by Crippen LogP contribution is 2.36. The molecule has 3 N–H and O–H groups in total. The number of nitrogens with zero attached hydrogens (tertiary/aromatic N) is 1. The van der Waals surface area contributed by atoms with Gasteiger partial charge < -0.3 is 34.3 Å². The molecule has 0 aromatic heterocycles. The van der Waals surface area contributed by atoms with Gasteiger partial charge in [0.15, 0.2) is 29.6 Å². The van der Waals surface area contributed by atoms with Gasteiger partial charge >= 0.3 is 12.0 Å². The average Bonchev–Trinajstić information content (AvgIpc) is 3.03. The summed E-state index contributed by atoms with van der Waals surface area (Å²) in [7, 11) is 2.95. The Morgan fingerprint density at radius 3 is 2.49 bits per heavy atom. The number of carbonyl (C=O) groups is 3. The molecule has 0 fully saturated rings. The Bertz CT molecular complexity index is 1730. The van der Waals surface area contributed by atoms with Gasteiger partial charge in [-0.3, -0.25) is 4.79 Å². The van der Waals surface area contributed by atoms with Crippen molar-refractivity contribution in [1.29, 1.82) is 0 Å². The maximum absolute atomic E-state index is 12.7. The van der Waals surface area contributed by atoms with E-state index in [2.05, 4.69) is 43.8 Å². The largest absolute Gasteiger partial charge is 0.493 e. The van der Waals surface area contributed by atoms with E-state index < -0.39 is 30.6 Å². The third-order valence-corrected chi connectivity index (χ3v) is 7.90. The van der Waals surface area contributed by atoms with Gasteiger partial charge in [-0.15, -0.1) is 0 Å². The van der Waals surface area contributed by atoms with Crippen LogP contribution in [0.1, 0.15) is 36.6 Å². The average molecular weight is 797 g/mol. The highest BCUT2D eigenvalue weighted by atomic mass is 127. The van der Waals surface area contributed by atoms with Crippen LogP contribution in [-0.2, 0) is 20.9 Å². The molecule has 4 rings (SSSR count). The van der Waals surface area contributed by atoms with E-state index in [1.54, 1.807) is 56.3 Å². The smallest absolute Gasteiger partial charge is 0.338 e. The summed E-state index contributed by atoms with van der Waals surface area (Å²) < 4.78 is 28.8. The first kappa shape index (κ1) is 35.6. The molecule has 0 radical (unpaired) electrons. The Labute approximate surface area is 294 Å². The summed E-state index contributed by atoms with van der Waals surface area (Å²) in [4.78, 5) is 37.5. The van der Waals surface area contributed by atoms with Crippen LogP contribution in [0.2, 0.25) is 10.0 Å². The highest BCUT2D eigenvalue weighted by Gasteiger charge is 2.32. The lowest BCUT2D eigenvalue weighted by Gasteiger charge is -2.28. The van der Waals surface area contributed by atoms with E-state index >= 15 is 0 Å². The minimum absolute atomic E-state index is 0.138. The standard InChI is InChI=1S/C32H31Cl2IN4O8/c1-5-45-31(41)28-17(2)37-32(42)38-29(28)18-7-9-24(25(11-18)43-3)46-16-27(40)39-36-14-20-10-22(35)13-26(44-4)30(20)47-15-19-6-8-21(33)12-23(19)34/h6-14,29H,5,15-16H2,1-4H3,(H,39,40)(H2,37,38,42)/b36-14+/t29-/m1/s1. The molecular weight excluding hydrogens is 766 g/mol. The molecule has 1 heterocycles. The summed E-state index contributed by atoms with van der Waals surface area (Å²) in [5.74, 6) is 0.298. The number of methoxy groups -OCH3 is 2. The van der Waals surface area contributed by atoms with Crippen LogP contribution in [0.3, 0.4) is 0 Å². The first-order valence-electron chi connectivity index (χ1n) is 14.1. The maximum atomic E-state index is 12.7. The van der Waals surface area contributed by atoms with Gasteiger partial charge in [-0.05, 0) is 78.4 Å². The Balaban J connectivity index is 1.43. The number of nitrogens with one attached hydrogen (secondary N) is 3. The fourth-order valence-corrected chi connectivity index (χ4v) is 5.62. The van der Waals surface area contributed by atoms with Crippen molar-refractivity contribution < 1.29 is 38.1 Å². The molecule has 0 saturated carbocycles. The van der Waals surface area contributed by atoms with Crippen LogP contribution in [0.5, 0.6) is 23.0 Å². The highest BCUT2D eigenvalue weighted by molar-refractivity contribution is 14.1. The number of hydrogen-bond donors (Lipinski definition) is 3. The zero-order valence-corrected chi connectivity index (χ0v) is 29.4. The summed E-state index contributed by atoms with van der Waals surface area (Å²) >= 11 is 14.4. The van der Waals surface area contributed by atoms with Gasteiger partial charge in [0.2, 0.25) is 0 Å². The molecular formula is C32H31Cl2IN4O8. The van der Waals surface area contributed by atoms with Crippen LogP contribution in [0.15, 0.2) is 64.9 Å². The number of hydrazone groups is 1. The molecule has 3 aromatic carbocycles. The van der Waals surface area contributed by atoms with E-state index in [1.807, 2.05) is 6.07 Å². The number of rotatable bonds is 13. The van der Waals surface area contributed by atoms with Gasteiger partial charge in [0.1, 0.15) is 6.61 Å². The number of carbonyl (C=O) groups excluding carboxylic acids is 3. The lowest BCUT2D eigenvalue weighted by molar-refractivity contribution is -0.139. The van der Waals surface area contributed by atoms with Gasteiger partial charge in [0.25, 0.3) is 5.91 Å². The van der Waals surface area contributed by atoms with Gasteiger partial charge in [0.05, 0.1) is 38.7 Å². The van der Waals surface area contributed by atoms with Crippen molar-refractivity contribution in [3.63, 3.8) is 0 Å². The lowest BCUT2D eigenvalue weighted by atomic mass is 9.95. The number of halogens is 3. The topological polar surface area (TPSA) is 146 Å². The molecule has 248 valence electrons. The number of urea groups is 1. The SMILES string of the molecule is CCOC(=O)C1=C(C)NC(=O)N[C@@H]1c1ccc(OCC(=O)N/N=C/c2cc(I)cc(OC)c2OCc2ccc(Cl)cc2Cl)c(OC)c1. The van der Waals surface area contributed by atoms with Crippen LogP contribution in [0, 0.1) is 3.57 Å². The molecule has 0 aliphatic carbocycles. The van der Waals surface area contributed by atoms with Gasteiger partial charge in [-0.25, -0.2) is 15.0 Å². The van der Waals surface area contributed by atoms with Crippen LogP contribution < -0.4 is 35.0 Å². The molecule has 1 aliphatic heterocycles. The predicted molar refractivity (Wildman–Crippen MR) is 184 cm³/mol. The fourth-order valence-electron chi connectivity index (χ4n) is 4.54. The number of amides is 3.